The van der Waals surface area contributed by atoms with Crippen LogP contribution in [0.3, 0.4) is 0 Å². The number of thiophene rings is 1. The Morgan fingerprint density at radius 3 is 2.95 bits per heavy atom. The van der Waals surface area contributed by atoms with E-state index in [-0.39, 0.29) is 0 Å². The number of furan rings is 1. The van der Waals surface area contributed by atoms with E-state index >= 15 is 0 Å². The first-order valence-electron chi connectivity index (χ1n) is 5.88. The molecule has 4 aromatic heterocycles. The van der Waals surface area contributed by atoms with Crippen LogP contribution in [-0.2, 0) is 0 Å². The van der Waals surface area contributed by atoms with E-state index in [1.165, 1.54) is 16.2 Å². The fourth-order valence-corrected chi connectivity index (χ4v) is 3.16. The summed E-state index contributed by atoms with van der Waals surface area (Å²) in [4.78, 5) is 1.95. The predicted octanol–water partition coefficient (Wildman–Crippen LogP) is 3.68. The van der Waals surface area contributed by atoms with E-state index in [2.05, 4.69) is 21.4 Å². The van der Waals surface area contributed by atoms with Crippen molar-refractivity contribution in [1.82, 2.24) is 19.8 Å². The number of hydrogen-bond acceptors (Lipinski definition) is 6. The molecule has 0 amide bonds. The van der Waals surface area contributed by atoms with Crippen LogP contribution in [0.2, 0.25) is 0 Å². The third-order valence-corrected chi connectivity index (χ3v) is 4.38. The summed E-state index contributed by atoms with van der Waals surface area (Å²) in [6.45, 7) is 0. The van der Waals surface area contributed by atoms with Gasteiger partial charge in [-0.15, -0.1) is 21.5 Å². The summed E-state index contributed by atoms with van der Waals surface area (Å²) in [6.07, 6.45) is 5.64. The SMILES string of the molecule is C(=C\c1nn2c(-c3ccco3)nnc2s1)/c1cccs1. The molecule has 0 unspecified atom stereocenters. The molecule has 0 saturated heterocycles. The predicted molar refractivity (Wildman–Crippen MR) is 79.6 cm³/mol. The normalized spacial score (nSPS) is 11.8. The Bertz CT molecular complexity index is 856. The van der Waals surface area contributed by atoms with E-state index in [0.29, 0.717) is 11.6 Å². The first-order valence-corrected chi connectivity index (χ1v) is 7.57. The first kappa shape index (κ1) is 11.6. The van der Waals surface area contributed by atoms with Gasteiger partial charge in [-0.1, -0.05) is 17.4 Å². The molecule has 0 saturated carbocycles. The van der Waals surface area contributed by atoms with Gasteiger partial charge in [0.1, 0.15) is 5.01 Å². The highest BCUT2D eigenvalue weighted by molar-refractivity contribution is 7.17. The van der Waals surface area contributed by atoms with Gasteiger partial charge in [0.2, 0.25) is 10.8 Å². The number of fused-ring (bicyclic) bond motifs is 1. The maximum atomic E-state index is 5.34. The van der Waals surface area contributed by atoms with E-state index in [0.717, 1.165) is 9.97 Å². The Balaban J connectivity index is 1.73. The summed E-state index contributed by atoms with van der Waals surface area (Å²) in [6, 6.07) is 7.75. The molecule has 7 heteroatoms. The standard InChI is InChI=1S/C13H8N4OS2/c1-4-10(18-7-1)12-14-15-13-17(12)16-11(20-13)6-5-9-3-2-8-19-9/h1-8H/b6-5+. The van der Waals surface area contributed by atoms with Crippen LogP contribution in [0.4, 0.5) is 0 Å². The zero-order chi connectivity index (χ0) is 13.4. The maximum absolute atomic E-state index is 5.34. The molecule has 4 aromatic rings. The lowest BCUT2D eigenvalue weighted by Crippen LogP contribution is -1.88. The van der Waals surface area contributed by atoms with Gasteiger partial charge in [-0.2, -0.15) is 9.61 Å². The van der Waals surface area contributed by atoms with Crippen LogP contribution >= 0.6 is 22.7 Å². The fraction of sp³-hybridized carbons (Fsp3) is 0. The molecule has 0 N–H and O–H groups in total. The summed E-state index contributed by atoms with van der Waals surface area (Å²) >= 11 is 3.18. The van der Waals surface area contributed by atoms with Crippen LogP contribution < -0.4 is 0 Å². The second-order valence-corrected chi connectivity index (χ2v) is 5.95. The molecule has 0 radical (unpaired) electrons. The van der Waals surface area contributed by atoms with Crippen molar-refractivity contribution in [3.8, 4) is 11.6 Å². The molecular weight excluding hydrogens is 292 g/mol. The third-order valence-electron chi connectivity index (χ3n) is 2.68. The van der Waals surface area contributed by atoms with Crippen LogP contribution in [0.15, 0.2) is 40.3 Å². The lowest BCUT2D eigenvalue weighted by Gasteiger charge is -1.89. The second kappa shape index (κ2) is 4.69. The minimum Gasteiger partial charge on any atom is -0.461 e. The summed E-state index contributed by atoms with van der Waals surface area (Å²) in [7, 11) is 0. The largest absolute Gasteiger partial charge is 0.461 e. The van der Waals surface area contributed by atoms with Gasteiger partial charge in [-0.3, -0.25) is 0 Å². The van der Waals surface area contributed by atoms with E-state index in [1.54, 1.807) is 22.1 Å². The van der Waals surface area contributed by atoms with Gasteiger partial charge in [-0.25, -0.2) is 0 Å². The minimum absolute atomic E-state index is 0.622. The number of nitrogens with zero attached hydrogens (tertiary/aromatic N) is 4. The number of hydrogen-bond donors (Lipinski definition) is 0. The van der Waals surface area contributed by atoms with Crippen molar-refractivity contribution < 1.29 is 4.42 Å². The van der Waals surface area contributed by atoms with Crippen molar-refractivity contribution in [2.75, 3.05) is 0 Å². The molecule has 5 nitrogen and oxygen atoms in total. The van der Waals surface area contributed by atoms with Gasteiger partial charge in [0.25, 0.3) is 0 Å². The van der Waals surface area contributed by atoms with Crippen molar-refractivity contribution in [3.05, 3.63) is 45.8 Å². The Morgan fingerprint density at radius 2 is 2.15 bits per heavy atom. The number of rotatable bonds is 3. The van der Waals surface area contributed by atoms with Crippen molar-refractivity contribution in [1.29, 1.82) is 0 Å². The highest BCUT2D eigenvalue weighted by Crippen LogP contribution is 2.23. The lowest BCUT2D eigenvalue weighted by atomic mass is 10.4. The molecule has 0 aliphatic heterocycles. The van der Waals surface area contributed by atoms with Gasteiger partial charge in [0.05, 0.1) is 6.26 Å². The smallest absolute Gasteiger partial charge is 0.235 e. The molecule has 4 heterocycles. The molecule has 0 atom stereocenters. The summed E-state index contributed by atoms with van der Waals surface area (Å²) in [5.74, 6) is 1.29. The average Bonchev–Trinajstić information content (AvgIpc) is 3.20. The zero-order valence-corrected chi connectivity index (χ0v) is 11.8. The average molecular weight is 300 g/mol. The van der Waals surface area contributed by atoms with E-state index < -0.39 is 0 Å². The highest BCUT2D eigenvalue weighted by atomic mass is 32.1. The molecule has 0 fully saturated rings. The molecule has 0 aromatic carbocycles. The van der Waals surface area contributed by atoms with Gasteiger partial charge in [-0.05, 0) is 35.7 Å². The van der Waals surface area contributed by atoms with Crippen LogP contribution in [0.25, 0.3) is 28.7 Å². The third kappa shape index (κ3) is 1.97. The molecule has 0 spiro atoms. The highest BCUT2D eigenvalue weighted by Gasteiger charge is 2.14. The summed E-state index contributed by atoms with van der Waals surface area (Å²) < 4.78 is 7.05. The van der Waals surface area contributed by atoms with E-state index in [1.807, 2.05) is 35.7 Å². The molecule has 4 rings (SSSR count). The number of aromatic nitrogens is 4. The maximum Gasteiger partial charge on any atom is 0.235 e. The molecule has 20 heavy (non-hydrogen) atoms. The van der Waals surface area contributed by atoms with Crippen molar-refractivity contribution in [2.24, 2.45) is 0 Å². The molecule has 0 bridgehead atoms. The molecular formula is C13H8N4OS2. The Morgan fingerprint density at radius 1 is 1.15 bits per heavy atom. The Hall–Kier alpha value is -2.25. The fourth-order valence-electron chi connectivity index (χ4n) is 1.80. The van der Waals surface area contributed by atoms with Crippen LogP contribution in [0, 0.1) is 0 Å². The van der Waals surface area contributed by atoms with Gasteiger partial charge in [0.15, 0.2) is 5.76 Å². The van der Waals surface area contributed by atoms with Crippen LogP contribution in [0.5, 0.6) is 0 Å². The van der Waals surface area contributed by atoms with Crippen molar-refractivity contribution in [3.63, 3.8) is 0 Å². The Kier molecular flexibility index (Phi) is 2.71. The van der Waals surface area contributed by atoms with E-state index in [4.69, 9.17) is 4.42 Å². The zero-order valence-electron chi connectivity index (χ0n) is 10.1. The van der Waals surface area contributed by atoms with E-state index in [9.17, 15) is 0 Å². The lowest BCUT2D eigenvalue weighted by molar-refractivity contribution is 0.575. The monoisotopic (exact) mass is 300 g/mol. The first-order chi connectivity index (χ1) is 9.90. The second-order valence-electron chi connectivity index (χ2n) is 3.98. The quantitative estimate of drug-likeness (QED) is 0.579. The summed E-state index contributed by atoms with van der Waals surface area (Å²) in [5.41, 5.74) is 0. The van der Waals surface area contributed by atoms with Gasteiger partial charge < -0.3 is 4.42 Å². The topological polar surface area (TPSA) is 56.2 Å². The van der Waals surface area contributed by atoms with Crippen molar-refractivity contribution in [2.45, 2.75) is 0 Å². The summed E-state index contributed by atoms with van der Waals surface area (Å²) in [5, 5.41) is 15.6. The van der Waals surface area contributed by atoms with Crippen LogP contribution in [0.1, 0.15) is 9.88 Å². The van der Waals surface area contributed by atoms with Crippen molar-refractivity contribution >= 4 is 39.8 Å². The van der Waals surface area contributed by atoms with Gasteiger partial charge >= 0.3 is 0 Å². The molecule has 98 valence electrons. The molecule has 0 aliphatic carbocycles. The minimum atomic E-state index is 0.622. The van der Waals surface area contributed by atoms with Crippen LogP contribution in [-0.4, -0.2) is 19.8 Å². The van der Waals surface area contributed by atoms with Gasteiger partial charge in [0, 0.05) is 4.88 Å². The Labute approximate surface area is 121 Å². The molecule has 0 aliphatic rings.